The summed E-state index contributed by atoms with van der Waals surface area (Å²) in [5, 5.41) is 11.1. The fourth-order valence-corrected chi connectivity index (χ4v) is 2.06. The fraction of sp³-hybridized carbons (Fsp3) is 0.200. The second-order valence-corrected chi connectivity index (χ2v) is 4.61. The van der Waals surface area contributed by atoms with Gasteiger partial charge in [-0.05, 0) is 24.6 Å². The first-order valence-electron chi connectivity index (χ1n) is 6.32. The van der Waals surface area contributed by atoms with Gasteiger partial charge in [0.15, 0.2) is 5.75 Å². The lowest BCUT2D eigenvalue weighted by Gasteiger charge is -2.13. The number of halogens is 3. The maximum atomic E-state index is 12.8. The number of nitro groups is 1. The van der Waals surface area contributed by atoms with E-state index in [1.807, 2.05) is 0 Å². The van der Waals surface area contributed by atoms with Gasteiger partial charge in [-0.15, -0.1) is 0 Å². The summed E-state index contributed by atoms with van der Waals surface area (Å²) in [5.41, 5.74) is -1.39. The number of nitro benzene ring substituents is 1. The van der Waals surface area contributed by atoms with E-state index < -0.39 is 27.9 Å². The third-order valence-corrected chi connectivity index (χ3v) is 3.12. The molecular weight excluding hydrogens is 299 g/mol. The molecule has 0 aliphatic carbocycles. The van der Waals surface area contributed by atoms with Gasteiger partial charge in [-0.3, -0.25) is 10.1 Å². The van der Waals surface area contributed by atoms with Crippen molar-refractivity contribution >= 4 is 5.69 Å². The second-order valence-electron chi connectivity index (χ2n) is 4.61. The van der Waals surface area contributed by atoms with E-state index in [1.54, 1.807) is 30.3 Å². The second kappa shape index (κ2) is 6.05. The Bertz CT molecular complexity index is 684. The van der Waals surface area contributed by atoms with Gasteiger partial charge in [-0.2, -0.15) is 13.2 Å². The molecule has 22 heavy (non-hydrogen) atoms. The van der Waals surface area contributed by atoms with E-state index in [-0.39, 0.29) is 12.4 Å². The standard InChI is InChI=1S/C15H12F3NO3/c1-10-12(15(16,17)18)7-8-13(14(10)19(20)21)22-9-11-5-3-2-4-6-11/h2-8H,9H2,1H3. The van der Waals surface area contributed by atoms with Crippen LogP contribution in [0, 0.1) is 17.0 Å². The van der Waals surface area contributed by atoms with Crippen molar-refractivity contribution in [3.05, 3.63) is 69.3 Å². The SMILES string of the molecule is Cc1c(C(F)(F)F)ccc(OCc2ccccc2)c1[N+](=O)[O-]. The quantitative estimate of drug-likeness (QED) is 0.617. The van der Waals surface area contributed by atoms with Crippen molar-refractivity contribution in [3.8, 4) is 5.75 Å². The lowest BCUT2D eigenvalue weighted by Crippen LogP contribution is -2.10. The van der Waals surface area contributed by atoms with E-state index in [0.29, 0.717) is 0 Å². The summed E-state index contributed by atoms with van der Waals surface area (Å²) >= 11 is 0. The Labute approximate surface area is 124 Å². The molecule has 2 aromatic rings. The topological polar surface area (TPSA) is 52.4 Å². The molecule has 2 aromatic carbocycles. The normalized spacial score (nSPS) is 11.3. The van der Waals surface area contributed by atoms with Crippen molar-refractivity contribution in [1.82, 2.24) is 0 Å². The molecule has 116 valence electrons. The Kier molecular flexibility index (Phi) is 4.35. The zero-order valence-corrected chi connectivity index (χ0v) is 11.6. The molecule has 0 saturated heterocycles. The molecule has 0 heterocycles. The van der Waals surface area contributed by atoms with Crippen LogP contribution in [0.15, 0.2) is 42.5 Å². The summed E-state index contributed by atoms with van der Waals surface area (Å²) < 4.78 is 43.8. The zero-order valence-electron chi connectivity index (χ0n) is 11.6. The van der Waals surface area contributed by atoms with Gasteiger partial charge in [-0.1, -0.05) is 30.3 Å². The minimum absolute atomic E-state index is 0.0342. The first-order valence-corrected chi connectivity index (χ1v) is 6.32. The third-order valence-electron chi connectivity index (χ3n) is 3.12. The summed E-state index contributed by atoms with van der Waals surface area (Å²) in [5.74, 6) is -0.181. The van der Waals surface area contributed by atoms with Crippen LogP contribution in [0.3, 0.4) is 0 Å². The van der Waals surface area contributed by atoms with E-state index in [0.717, 1.165) is 24.6 Å². The van der Waals surface area contributed by atoms with Gasteiger partial charge in [0, 0.05) is 5.56 Å². The Morgan fingerprint density at radius 3 is 2.32 bits per heavy atom. The monoisotopic (exact) mass is 311 g/mol. The van der Waals surface area contributed by atoms with E-state index in [2.05, 4.69) is 0 Å². The molecule has 0 fully saturated rings. The summed E-state index contributed by atoms with van der Waals surface area (Å²) in [6, 6.07) is 10.6. The van der Waals surface area contributed by atoms with Crippen LogP contribution in [-0.2, 0) is 12.8 Å². The molecule has 4 nitrogen and oxygen atoms in total. The van der Waals surface area contributed by atoms with E-state index in [1.165, 1.54) is 0 Å². The van der Waals surface area contributed by atoms with Gasteiger partial charge in [0.05, 0.1) is 10.5 Å². The van der Waals surface area contributed by atoms with Crippen molar-refractivity contribution in [3.63, 3.8) is 0 Å². The van der Waals surface area contributed by atoms with Crippen LogP contribution < -0.4 is 4.74 Å². The van der Waals surface area contributed by atoms with Crippen LogP contribution in [0.25, 0.3) is 0 Å². The first kappa shape index (κ1) is 15.8. The highest BCUT2D eigenvalue weighted by atomic mass is 19.4. The summed E-state index contributed by atoms with van der Waals surface area (Å²) in [4.78, 5) is 10.2. The highest BCUT2D eigenvalue weighted by molar-refractivity contribution is 5.56. The highest BCUT2D eigenvalue weighted by Gasteiger charge is 2.36. The summed E-state index contributed by atoms with van der Waals surface area (Å²) in [6.07, 6.45) is -4.65. The van der Waals surface area contributed by atoms with Crippen LogP contribution >= 0.6 is 0 Å². The lowest BCUT2D eigenvalue weighted by molar-refractivity contribution is -0.386. The van der Waals surface area contributed by atoms with Crippen LogP contribution in [0.2, 0.25) is 0 Å². The zero-order chi connectivity index (χ0) is 16.3. The molecule has 0 aromatic heterocycles. The van der Waals surface area contributed by atoms with Crippen molar-refractivity contribution in [2.24, 2.45) is 0 Å². The molecule has 0 radical (unpaired) electrons. The van der Waals surface area contributed by atoms with Crippen molar-refractivity contribution < 1.29 is 22.8 Å². The molecule has 0 spiro atoms. The Hall–Kier alpha value is -2.57. The fourth-order valence-electron chi connectivity index (χ4n) is 2.06. The van der Waals surface area contributed by atoms with Gasteiger partial charge >= 0.3 is 11.9 Å². The Morgan fingerprint density at radius 2 is 1.77 bits per heavy atom. The van der Waals surface area contributed by atoms with Crippen molar-refractivity contribution in [1.29, 1.82) is 0 Å². The largest absolute Gasteiger partial charge is 0.482 e. The highest BCUT2D eigenvalue weighted by Crippen LogP contribution is 2.40. The predicted octanol–water partition coefficient (Wildman–Crippen LogP) is 4.50. The maximum Gasteiger partial charge on any atom is 0.416 e. The molecule has 7 heteroatoms. The molecule has 0 saturated carbocycles. The minimum atomic E-state index is -4.65. The molecule has 0 N–H and O–H groups in total. The molecule has 0 bridgehead atoms. The van der Waals surface area contributed by atoms with Crippen LogP contribution in [0.1, 0.15) is 16.7 Å². The number of ether oxygens (including phenoxy) is 1. The van der Waals surface area contributed by atoms with Crippen molar-refractivity contribution in [2.45, 2.75) is 19.7 Å². The Balaban J connectivity index is 2.36. The number of hydrogen-bond donors (Lipinski definition) is 0. The number of alkyl halides is 3. The van der Waals surface area contributed by atoms with E-state index >= 15 is 0 Å². The van der Waals surface area contributed by atoms with Gasteiger partial charge in [-0.25, -0.2) is 0 Å². The molecule has 0 atom stereocenters. The predicted molar refractivity (Wildman–Crippen MR) is 73.6 cm³/mol. The van der Waals surface area contributed by atoms with Gasteiger partial charge in [0.2, 0.25) is 0 Å². The van der Waals surface area contributed by atoms with Gasteiger partial charge < -0.3 is 4.74 Å². The smallest absolute Gasteiger partial charge is 0.416 e. The maximum absolute atomic E-state index is 12.8. The average Bonchev–Trinajstić information content (AvgIpc) is 2.44. The molecule has 0 aliphatic rings. The van der Waals surface area contributed by atoms with Gasteiger partial charge in [0.25, 0.3) is 0 Å². The number of benzene rings is 2. The van der Waals surface area contributed by atoms with Crippen molar-refractivity contribution in [2.75, 3.05) is 0 Å². The third kappa shape index (κ3) is 3.36. The van der Waals surface area contributed by atoms with Gasteiger partial charge in [0.1, 0.15) is 6.61 Å². The molecule has 0 unspecified atom stereocenters. The van der Waals surface area contributed by atoms with Crippen LogP contribution in [-0.4, -0.2) is 4.92 Å². The Morgan fingerprint density at radius 1 is 1.14 bits per heavy atom. The minimum Gasteiger partial charge on any atom is -0.482 e. The molecule has 0 amide bonds. The van der Waals surface area contributed by atoms with Crippen LogP contribution in [0.4, 0.5) is 18.9 Å². The average molecular weight is 311 g/mol. The van der Waals surface area contributed by atoms with Crippen LogP contribution in [0.5, 0.6) is 5.75 Å². The van der Waals surface area contributed by atoms with E-state index in [4.69, 9.17) is 4.74 Å². The molecular formula is C15H12F3NO3. The lowest BCUT2D eigenvalue weighted by atomic mass is 10.1. The number of hydrogen-bond acceptors (Lipinski definition) is 3. The number of rotatable bonds is 4. The molecule has 0 aliphatic heterocycles. The molecule has 2 rings (SSSR count). The summed E-state index contributed by atoms with van der Waals surface area (Å²) in [6.45, 7) is 1.10. The van der Waals surface area contributed by atoms with E-state index in [9.17, 15) is 23.3 Å². The number of nitrogens with zero attached hydrogens (tertiary/aromatic N) is 1. The first-order chi connectivity index (χ1) is 10.3. The summed E-state index contributed by atoms with van der Waals surface area (Å²) in [7, 11) is 0.